The maximum atomic E-state index is 13.5. The van der Waals surface area contributed by atoms with Crippen molar-refractivity contribution >= 4 is 42.1 Å². The van der Waals surface area contributed by atoms with E-state index in [1.165, 1.54) is 0 Å². The van der Waals surface area contributed by atoms with Gasteiger partial charge in [-0.2, -0.15) is 0 Å². The number of alkyl halides is 2. The van der Waals surface area contributed by atoms with Gasteiger partial charge in [-0.3, -0.25) is 4.90 Å². The zero-order valence-electron chi connectivity index (χ0n) is 12.6. The summed E-state index contributed by atoms with van der Waals surface area (Å²) in [6.07, 6.45) is -2.45. The molecule has 1 saturated heterocycles. The Labute approximate surface area is 147 Å². The Kier molecular flexibility index (Phi) is 9.58. The van der Waals surface area contributed by atoms with Crippen LogP contribution in [-0.4, -0.2) is 51.6 Å². The number of rotatable bonds is 4. The summed E-state index contributed by atoms with van der Waals surface area (Å²) in [5.74, 6) is 0. The molecule has 0 aliphatic carbocycles. The molecule has 0 bridgehead atoms. The van der Waals surface area contributed by atoms with E-state index in [2.05, 4.69) is 5.32 Å². The van der Waals surface area contributed by atoms with Gasteiger partial charge < -0.3 is 10.2 Å². The molecule has 1 atom stereocenters. The molecule has 128 valence electrons. The lowest BCUT2D eigenvalue weighted by molar-refractivity contribution is 0.0182. The molecule has 8 heteroatoms. The average Bonchev–Trinajstić information content (AvgIpc) is 2.41. The summed E-state index contributed by atoms with van der Waals surface area (Å²) in [4.78, 5) is 3.70. The molecule has 0 radical (unpaired) electrons. The van der Waals surface area contributed by atoms with E-state index in [9.17, 15) is 8.78 Å². The highest BCUT2D eigenvalue weighted by molar-refractivity contribution is 6.31. The molecule has 2 rings (SSSR count). The zero-order valence-corrected chi connectivity index (χ0v) is 14.9. The van der Waals surface area contributed by atoms with Gasteiger partial charge in [0, 0.05) is 51.0 Å². The van der Waals surface area contributed by atoms with Gasteiger partial charge >= 0.3 is 0 Å². The molecule has 1 aromatic rings. The second-order valence-corrected chi connectivity index (χ2v) is 5.57. The van der Waals surface area contributed by atoms with Crippen molar-refractivity contribution in [3.05, 3.63) is 28.8 Å². The topological polar surface area (TPSA) is 18.5 Å². The summed E-state index contributed by atoms with van der Waals surface area (Å²) in [5, 5.41) is 3.58. The van der Waals surface area contributed by atoms with Gasteiger partial charge in [-0.15, -0.1) is 24.8 Å². The second kappa shape index (κ2) is 9.73. The molecule has 1 aromatic carbocycles. The lowest BCUT2D eigenvalue weighted by atomic mass is 10.0. The Balaban J connectivity index is 0.00000220. The van der Waals surface area contributed by atoms with Crippen LogP contribution >= 0.6 is 36.4 Å². The lowest BCUT2D eigenvalue weighted by Crippen LogP contribution is -2.47. The zero-order chi connectivity index (χ0) is 14.7. The third kappa shape index (κ3) is 5.10. The van der Waals surface area contributed by atoms with Gasteiger partial charge in [0.15, 0.2) is 0 Å². The van der Waals surface area contributed by atoms with Crippen molar-refractivity contribution in [2.24, 2.45) is 0 Å². The third-order valence-corrected chi connectivity index (χ3v) is 3.93. The lowest BCUT2D eigenvalue weighted by Gasteiger charge is -2.35. The van der Waals surface area contributed by atoms with Gasteiger partial charge in [0.2, 0.25) is 0 Å². The maximum absolute atomic E-state index is 13.5. The molecule has 1 aliphatic rings. The van der Waals surface area contributed by atoms with Crippen molar-refractivity contribution < 1.29 is 8.78 Å². The van der Waals surface area contributed by atoms with Crippen molar-refractivity contribution in [2.75, 3.05) is 45.2 Å². The van der Waals surface area contributed by atoms with E-state index in [0.717, 1.165) is 18.8 Å². The smallest absolute Gasteiger partial charge is 0.258 e. The van der Waals surface area contributed by atoms with E-state index in [4.69, 9.17) is 11.6 Å². The minimum Gasteiger partial charge on any atom is -0.378 e. The van der Waals surface area contributed by atoms with Crippen LogP contribution in [0.25, 0.3) is 0 Å². The highest BCUT2D eigenvalue weighted by atomic mass is 35.5. The van der Waals surface area contributed by atoms with E-state index in [-0.39, 0.29) is 24.8 Å². The van der Waals surface area contributed by atoms with Gasteiger partial charge in [-0.05, 0) is 17.7 Å². The quantitative estimate of drug-likeness (QED) is 0.868. The van der Waals surface area contributed by atoms with E-state index >= 15 is 0 Å². The number of hydrogen-bond acceptors (Lipinski definition) is 3. The molecule has 3 nitrogen and oxygen atoms in total. The molecule has 0 unspecified atom stereocenters. The monoisotopic (exact) mass is 375 g/mol. The largest absolute Gasteiger partial charge is 0.378 e. The fourth-order valence-corrected chi connectivity index (χ4v) is 2.77. The summed E-state index contributed by atoms with van der Waals surface area (Å²) in [6, 6.07) is 4.37. The van der Waals surface area contributed by atoms with Gasteiger partial charge in [0.1, 0.15) is 0 Å². The first-order valence-electron chi connectivity index (χ1n) is 6.70. The molecule has 0 aromatic heterocycles. The normalized spacial score (nSPS) is 16.6. The predicted octanol–water partition coefficient (Wildman–Crippen LogP) is 3.46. The maximum Gasteiger partial charge on any atom is 0.258 e. The van der Waals surface area contributed by atoms with Crippen LogP contribution in [0.5, 0.6) is 0 Å². The number of nitrogens with one attached hydrogen (secondary N) is 1. The summed E-state index contributed by atoms with van der Waals surface area (Å²) < 4.78 is 27.0. The summed E-state index contributed by atoms with van der Waals surface area (Å²) >= 11 is 6.23. The molecule has 1 fully saturated rings. The Morgan fingerprint density at radius 2 is 1.77 bits per heavy atom. The molecule has 0 spiro atoms. The average molecular weight is 377 g/mol. The van der Waals surface area contributed by atoms with Gasteiger partial charge in [0.05, 0.1) is 6.04 Å². The Bertz CT molecular complexity index is 455. The van der Waals surface area contributed by atoms with Gasteiger partial charge in [0.25, 0.3) is 6.43 Å². The van der Waals surface area contributed by atoms with Gasteiger partial charge in [-0.1, -0.05) is 17.7 Å². The van der Waals surface area contributed by atoms with Crippen LogP contribution in [0.1, 0.15) is 11.6 Å². The molecule has 0 saturated carbocycles. The van der Waals surface area contributed by atoms with Crippen LogP contribution in [0.2, 0.25) is 5.02 Å². The van der Waals surface area contributed by atoms with E-state index in [1.54, 1.807) is 17.0 Å². The van der Waals surface area contributed by atoms with E-state index < -0.39 is 12.5 Å². The SMILES string of the molecule is CN(C)c1ccc([C@@H](C(F)F)N2CCNCC2)c(Cl)c1.Cl.Cl. The molecule has 1 aliphatic heterocycles. The second-order valence-electron chi connectivity index (χ2n) is 5.17. The van der Waals surface area contributed by atoms with Crippen LogP contribution in [0.15, 0.2) is 18.2 Å². The molecule has 0 amide bonds. The molecule has 1 N–H and O–H groups in total. The van der Waals surface area contributed by atoms with Crippen molar-refractivity contribution in [2.45, 2.75) is 12.5 Å². The predicted molar refractivity (Wildman–Crippen MR) is 93.5 cm³/mol. The number of anilines is 1. The van der Waals surface area contributed by atoms with Crippen molar-refractivity contribution in [1.82, 2.24) is 10.2 Å². The third-order valence-electron chi connectivity index (χ3n) is 3.60. The fraction of sp³-hybridized carbons (Fsp3) is 0.571. The molecular weight excluding hydrogens is 355 g/mol. The summed E-state index contributed by atoms with van der Waals surface area (Å²) in [5.41, 5.74) is 1.42. The Morgan fingerprint density at radius 3 is 2.23 bits per heavy atom. The molecular formula is C14H22Cl3F2N3. The number of benzene rings is 1. The first-order valence-corrected chi connectivity index (χ1v) is 7.08. The first-order chi connectivity index (χ1) is 9.50. The molecule has 1 heterocycles. The van der Waals surface area contributed by atoms with Crippen LogP contribution in [-0.2, 0) is 0 Å². The van der Waals surface area contributed by atoms with Crippen LogP contribution < -0.4 is 10.2 Å². The first kappa shape index (κ1) is 21.7. The highest BCUT2D eigenvalue weighted by Gasteiger charge is 2.31. The van der Waals surface area contributed by atoms with Crippen LogP contribution in [0, 0.1) is 0 Å². The van der Waals surface area contributed by atoms with Crippen molar-refractivity contribution in [3.8, 4) is 0 Å². The van der Waals surface area contributed by atoms with Crippen LogP contribution in [0.3, 0.4) is 0 Å². The molecule has 22 heavy (non-hydrogen) atoms. The standard InChI is InChI=1S/C14H20ClF2N3.2ClH/c1-19(2)10-3-4-11(12(15)9-10)13(14(16)17)20-7-5-18-6-8-20;;/h3-4,9,13-14,18H,5-8H2,1-2H3;2*1H/t13-;;/m0../s1. The number of nitrogens with zero attached hydrogens (tertiary/aromatic N) is 2. The van der Waals surface area contributed by atoms with Crippen molar-refractivity contribution in [1.29, 1.82) is 0 Å². The Morgan fingerprint density at radius 1 is 1.18 bits per heavy atom. The Hall–Kier alpha value is -0.330. The highest BCUT2D eigenvalue weighted by Crippen LogP contribution is 2.34. The minimum absolute atomic E-state index is 0. The van der Waals surface area contributed by atoms with Gasteiger partial charge in [-0.25, -0.2) is 8.78 Å². The fourth-order valence-electron chi connectivity index (χ4n) is 2.49. The number of piperazine rings is 1. The van der Waals surface area contributed by atoms with Crippen molar-refractivity contribution in [3.63, 3.8) is 0 Å². The number of hydrogen-bond donors (Lipinski definition) is 1. The van der Waals surface area contributed by atoms with E-state index in [1.807, 2.05) is 25.1 Å². The summed E-state index contributed by atoms with van der Waals surface area (Å²) in [6.45, 7) is 2.69. The van der Waals surface area contributed by atoms with Crippen LogP contribution in [0.4, 0.5) is 14.5 Å². The number of halogens is 5. The minimum atomic E-state index is -2.45. The van der Waals surface area contributed by atoms with E-state index in [0.29, 0.717) is 23.7 Å². The summed E-state index contributed by atoms with van der Waals surface area (Å²) in [7, 11) is 3.79.